The van der Waals surface area contributed by atoms with Crippen molar-refractivity contribution in [3.8, 4) is 0 Å². The van der Waals surface area contributed by atoms with Gasteiger partial charge < -0.3 is 0 Å². The van der Waals surface area contributed by atoms with Crippen LogP contribution >= 0.6 is 0 Å². The molecule has 2 aromatic rings. The topological polar surface area (TPSA) is 26.3 Å². The molecule has 0 fully saturated rings. The maximum absolute atomic E-state index is 11.5. The fourth-order valence-electron chi connectivity index (χ4n) is 2.40. The third kappa shape index (κ3) is 3.11. The van der Waals surface area contributed by atoms with Gasteiger partial charge in [-0.1, -0.05) is 0 Å². The van der Waals surface area contributed by atoms with Gasteiger partial charge >= 0.3 is 119 Å². The van der Waals surface area contributed by atoms with Gasteiger partial charge in [0.25, 0.3) is 0 Å². The van der Waals surface area contributed by atoms with Crippen LogP contribution in [0.2, 0.25) is 14.8 Å². The predicted molar refractivity (Wildman–Crippen MR) is 82.6 cm³/mol. The average molecular weight is 363 g/mol. The monoisotopic (exact) mass is 364 g/mol. The zero-order valence-electron chi connectivity index (χ0n) is 12.0. The molecule has 0 heterocycles. The Morgan fingerprint density at radius 1 is 1.05 bits per heavy atom. The van der Waals surface area contributed by atoms with Crippen LogP contribution in [0.15, 0.2) is 36.4 Å². The summed E-state index contributed by atoms with van der Waals surface area (Å²) in [6.45, 7) is 0. The molecule has 0 bridgehead atoms. The van der Waals surface area contributed by atoms with Crippen molar-refractivity contribution >= 4 is 38.7 Å². The number of hydrogen-bond acceptors (Lipinski definition) is 2. The van der Waals surface area contributed by atoms with Crippen LogP contribution in [0.5, 0.6) is 0 Å². The standard InChI is InChI=1S/C13H11O2.3CH3.Sn/c1-15-13(14)9-11-7-4-6-10-5-2-3-8-12(10)11;;;;/h2-5,7-8H,9H2,1H3;3*1H3;. The summed E-state index contributed by atoms with van der Waals surface area (Å²) in [4.78, 5) is 18.7. The fourth-order valence-corrected chi connectivity index (χ4v) is 6.99. The molecular weight excluding hydrogens is 343 g/mol. The van der Waals surface area contributed by atoms with Gasteiger partial charge in [0, 0.05) is 0 Å². The molecule has 0 aliphatic heterocycles. The van der Waals surface area contributed by atoms with E-state index in [2.05, 4.69) is 45.2 Å². The molecule has 3 heteroatoms. The van der Waals surface area contributed by atoms with Crippen molar-refractivity contribution in [3.63, 3.8) is 0 Å². The number of carbonyl (C=O) groups is 1. The number of carbonyl (C=O) groups excluding carboxylic acids is 1. The number of fused-ring (bicyclic) bond motifs is 1. The van der Waals surface area contributed by atoms with Crippen LogP contribution < -0.4 is 3.58 Å². The first-order valence-corrected chi connectivity index (χ1v) is 16.5. The third-order valence-corrected chi connectivity index (χ3v) is 9.24. The molecule has 0 unspecified atom stereocenters. The summed E-state index contributed by atoms with van der Waals surface area (Å²) in [6.07, 6.45) is 0.344. The van der Waals surface area contributed by atoms with E-state index in [1.54, 1.807) is 0 Å². The molecule has 2 aromatic carbocycles. The Morgan fingerprint density at radius 3 is 2.26 bits per heavy atom. The molecule has 2 nitrogen and oxygen atoms in total. The number of hydrogen-bond donors (Lipinski definition) is 0. The van der Waals surface area contributed by atoms with Gasteiger partial charge in [0.2, 0.25) is 0 Å². The van der Waals surface area contributed by atoms with E-state index in [-0.39, 0.29) is 5.97 Å². The van der Waals surface area contributed by atoms with Crippen LogP contribution in [0.3, 0.4) is 0 Å². The van der Waals surface area contributed by atoms with E-state index in [0.717, 1.165) is 5.56 Å². The summed E-state index contributed by atoms with van der Waals surface area (Å²) in [5.74, 6) is -0.183. The van der Waals surface area contributed by atoms with Crippen molar-refractivity contribution in [2.75, 3.05) is 7.11 Å². The van der Waals surface area contributed by atoms with Gasteiger partial charge in [-0.05, 0) is 0 Å². The van der Waals surface area contributed by atoms with E-state index in [0.29, 0.717) is 6.42 Å². The van der Waals surface area contributed by atoms with Gasteiger partial charge in [-0.3, -0.25) is 0 Å². The Kier molecular flexibility index (Phi) is 4.19. The summed E-state index contributed by atoms with van der Waals surface area (Å²) in [6, 6.07) is 12.7. The summed E-state index contributed by atoms with van der Waals surface area (Å²) in [7, 11) is 1.44. The van der Waals surface area contributed by atoms with Crippen molar-refractivity contribution in [1.29, 1.82) is 0 Å². The van der Waals surface area contributed by atoms with Gasteiger partial charge in [-0.25, -0.2) is 0 Å². The molecule has 0 N–H and O–H groups in total. The summed E-state index contributed by atoms with van der Waals surface area (Å²) in [5.41, 5.74) is 1.06. The van der Waals surface area contributed by atoms with Crippen molar-refractivity contribution in [3.05, 3.63) is 42.0 Å². The Bertz CT molecular complexity index is 612. The first kappa shape index (κ1) is 14.4. The zero-order chi connectivity index (χ0) is 14.0. The fraction of sp³-hybridized carbons (Fsp3) is 0.312. The molecule has 0 aliphatic rings. The van der Waals surface area contributed by atoms with Crippen LogP contribution in [0, 0.1) is 0 Å². The molecule has 2 rings (SSSR count). The molecule has 100 valence electrons. The molecule has 0 aromatic heterocycles. The van der Waals surface area contributed by atoms with Gasteiger partial charge in [0.1, 0.15) is 0 Å². The van der Waals surface area contributed by atoms with Crippen molar-refractivity contribution < 1.29 is 9.53 Å². The van der Waals surface area contributed by atoms with Gasteiger partial charge in [-0.2, -0.15) is 0 Å². The van der Waals surface area contributed by atoms with Crippen molar-refractivity contribution in [1.82, 2.24) is 0 Å². The molecule has 0 atom stereocenters. The molecule has 0 saturated carbocycles. The molecule has 19 heavy (non-hydrogen) atoms. The normalized spacial score (nSPS) is 11.6. The van der Waals surface area contributed by atoms with E-state index in [1.807, 2.05) is 6.07 Å². The predicted octanol–water partition coefficient (Wildman–Crippen LogP) is 3.10. The van der Waals surface area contributed by atoms with E-state index in [9.17, 15) is 4.79 Å². The SMILES string of the molecule is COC(=O)Cc1cc[c]([Sn]([CH3])([CH3])[CH3])c2ccccc12. The number of rotatable bonds is 3. The minimum absolute atomic E-state index is 0.183. The molecule has 0 aliphatic carbocycles. The van der Waals surface area contributed by atoms with Crippen molar-refractivity contribution in [2.45, 2.75) is 21.2 Å². The van der Waals surface area contributed by atoms with E-state index in [1.165, 1.54) is 21.5 Å². The van der Waals surface area contributed by atoms with Crippen LogP contribution in [0.4, 0.5) is 0 Å². The van der Waals surface area contributed by atoms with Gasteiger partial charge in [-0.15, -0.1) is 0 Å². The molecule has 0 radical (unpaired) electrons. The first-order chi connectivity index (χ1) is 8.93. The van der Waals surface area contributed by atoms with E-state index >= 15 is 0 Å². The Balaban J connectivity index is 2.62. The summed E-state index contributed by atoms with van der Waals surface area (Å²) in [5, 5.41) is 2.50. The number of esters is 1. The number of ether oxygens (including phenoxy) is 1. The third-order valence-electron chi connectivity index (χ3n) is 3.38. The maximum atomic E-state index is 11.5. The molecular formula is C16H20O2Sn. The second-order valence-electron chi connectivity index (χ2n) is 5.82. The van der Waals surface area contributed by atoms with Crippen LogP contribution in [0.1, 0.15) is 5.56 Å². The van der Waals surface area contributed by atoms with Gasteiger partial charge in [0.15, 0.2) is 0 Å². The summed E-state index contributed by atoms with van der Waals surface area (Å²) >= 11 is -2.14. The van der Waals surface area contributed by atoms with Crippen LogP contribution in [-0.2, 0) is 16.0 Å². The average Bonchev–Trinajstić information content (AvgIpc) is 2.37. The quantitative estimate of drug-likeness (QED) is 0.619. The Hall–Kier alpha value is -1.03. The van der Waals surface area contributed by atoms with Crippen LogP contribution in [0.25, 0.3) is 10.8 Å². The first-order valence-electron chi connectivity index (χ1n) is 6.51. The second-order valence-corrected chi connectivity index (χ2v) is 20.2. The molecule has 0 saturated heterocycles. The minimum atomic E-state index is -2.14. The zero-order valence-corrected chi connectivity index (χ0v) is 14.8. The molecule has 0 amide bonds. The van der Waals surface area contributed by atoms with E-state index < -0.39 is 18.4 Å². The van der Waals surface area contributed by atoms with E-state index in [4.69, 9.17) is 4.74 Å². The molecule has 0 spiro atoms. The van der Waals surface area contributed by atoms with Crippen LogP contribution in [-0.4, -0.2) is 31.5 Å². The van der Waals surface area contributed by atoms with Crippen molar-refractivity contribution in [2.24, 2.45) is 0 Å². The Morgan fingerprint density at radius 2 is 1.68 bits per heavy atom. The summed E-state index contributed by atoms with van der Waals surface area (Å²) < 4.78 is 6.29. The number of methoxy groups -OCH3 is 1. The Labute approximate surface area is 118 Å². The number of benzene rings is 2. The van der Waals surface area contributed by atoms with Gasteiger partial charge in [0.05, 0.1) is 0 Å². The second kappa shape index (κ2) is 5.53.